The molecule has 0 spiro atoms. The van der Waals surface area contributed by atoms with Gasteiger partial charge in [-0.2, -0.15) is 0 Å². The number of carboxylic acids is 1. The second-order valence-corrected chi connectivity index (χ2v) is 11.0. The third-order valence-corrected chi connectivity index (χ3v) is 9.06. The molecule has 7 atom stereocenters. The molecule has 0 radical (unpaired) electrons. The standard InChI is InChI=1S/C22H35N3O4S/c1-12-18-17(13(2)26)21(27)25(18)19(22(28)29)20(12)30-15-10-16(23-11-15)14-6-4-5-8-24(3)9-7-14/h12-18,23,26H,4-11H2,1-3H3,(H,28,29)/t12-,13-,14?,15+,16+,17-,18-/m1/s1. The summed E-state index contributed by atoms with van der Waals surface area (Å²) < 4.78 is 0. The van der Waals surface area contributed by atoms with Crippen LogP contribution in [0.3, 0.4) is 0 Å². The van der Waals surface area contributed by atoms with Crippen LogP contribution >= 0.6 is 11.8 Å². The largest absolute Gasteiger partial charge is 0.477 e. The molecule has 4 aliphatic heterocycles. The molecule has 30 heavy (non-hydrogen) atoms. The fraction of sp³-hybridized carbons (Fsp3) is 0.818. The third kappa shape index (κ3) is 3.92. The van der Waals surface area contributed by atoms with Crippen molar-refractivity contribution < 1.29 is 19.8 Å². The number of likely N-dealkylation sites (tertiary alicyclic amines) is 1. The van der Waals surface area contributed by atoms with E-state index in [9.17, 15) is 19.8 Å². The van der Waals surface area contributed by atoms with Crippen molar-refractivity contribution in [2.45, 2.75) is 69.4 Å². The summed E-state index contributed by atoms with van der Waals surface area (Å²) in [5.41, 5.74) is 0.149. The van der Waals surface area contributed by atoms with Crippen LogP contribution < -0.4 is 5.32 Å². The maximum absolute atomic E-state index is 12.5. The van der Waals surface area contributed by atoms with Crippen molar-refractivity contribution in [3.63, 3.8) is 0 Å². The first kappa shape index (κ1) is 22.1. The topological polar surface area (TPSA) is 93.1 Å². The summed E-state index contributed by atoms with van der Waals surface area (Å²) in [4.78, 5) is 29.2. The number of carboxylic acid groups (broad SMARTS) is 1. The highest BCUT2D eigenvalue weighted by Crippen LogP contribution is 2.52. The van der Waals surface area contributed by atoms with E-state index >= 15 is 0 Å². The van der Waals surface area contributed by atoms with Gasteiger partial charge in [0.1, 0.15) is 5.70 Å². The van der Waals surface area contributed by atoms with Crippen LogP contribution in [0.5, 0.6) is 0 Å². The lowest BCUT2D eigenvalue weighted by Gasteiger charge is -2.46. The van der Waals surface area contributed by atoms with Gasteiger partial charge >= 0.3 is 5.97 Å². The third-order valence-electron chi connectivity index (χ3n) is 7.54. The van der Waals surface area contributed by atoms with Gasteiger partial charge in [-0.25, -0.2) is 4.79 Å². The van der Waals surface area contributed by atoms with Crippen LogP contribution in [-0.4, -0.2) is 82.0 Å². The Morgan fingerprint density at radius 2 is 2.03 bits per heavy atom. The fourth-order valence-corrected chi connectivity index (χ4v) is 7.37. The number of carbonyl (C=O) groups excluding carboxylic acids is 1. The second kappa shape index (κ2) is 8.81. The molecule has 0 aromatic rings. The van der Waals surface area contributed by atoms with Crippen molar-refractivity contribution in [2.75, 3.05) is 26.7 Å². The van der Waals surface area contributed by atoms with E-state index in [2.05, 4.69) is 17.3 Å². The molecule has 3 fully saturated rings. The van der Waals surface area contributed by atoms with Gasteiger partial charge in [0.05, 0.1) is 18.1 Å². The number of aliphatic hydroxyl groups is 1. The number of rotatable bonds is 5. The van der Waals surface area contributed by atoms with Gasteiger partial charge in [0.15, 0.2) is 0 Å². The summed E-state index contributed by atoms with van der Waals surface area (Å²) in [7, 11) is 2.20. The molecule has 168 valence electrons. The van der Waals surface area contributed by atoms with Crippen molar-refractivity contribution >= 4 is 23.6 Å². The average Bonchev–Trinajstić information content (AvgIpc) is 3.21. The number of aliphatic carboxylic acids is 1. The summed E-state index contributed by atoms with van der Waals surface area (Å²) >= 11 is 1.65. The molecule has 4 heterocycles. The molecule has 0 saturated carbocycles. The van der Waals surface area contributed by atoms with Gasteiger partial charge in [-0.3, -0.25) is 4.79 Å². The highest BCUT2D eigenvalue weighted by Gasteiger charge is 2.60. The van der Waals surface area contributed by atoms with Crippen molar-refractivity contribution in [1.82, 2.24) is 15.1 Å². The predicted octanol–water partition coefficient (Wildman–Crippen LogP) is 1.73. The van der Waals surface area contributed by atoms with Crippen LogP contribution in [-0.2, 0) is 9.59 Å². The summed E-state index contributed by atoms with van der Waals surface area (Å²) in [6.07, 6.45) is 5.31. The van der Waals surface area contributed by atoms with Gasteiger partial charge in [0.2, 0.25) is 5.91 Å². The molecule has 3 saturated heterocycles. The molecule has 0 aliphatic carbocycles. The zero-order valence-corrected chi connectivity index (χ0v) is 19.0. The van der Waals surface area contributed by atoms with Crippen LogP contribution in [0.25, 0.3) is 0 Å². The number of thioether (sulfide) groups is 1. The normalized spacial score (nSPS) is 38.8. The first-order valence-corrected chi connectivity index (χ1v) is 12.2. The lowest BCUT2D eigenvalue weighted by Crippen LogP contribution is -2.63. The van der Waals surface area contributed by atoms with Gasteiger partial charge in [-0.15, -0.1) is 11.8 Å². The van der Waals surface area contributed by atoms with E-state index in [4.69, 9.17) is 0 Å². The number of nitrogens with one attached hydrogen (secondary N) is 1. The number of β-lactam (4-membered cyclic amide) rings is 1. The number of fused-ring (bicyclic) bond motifs is 1. The van der Waals surface area contributed by atoms with Crippen molar-refractivity contribution in [3.8, 4) is 0 Å². The summed E-state index contributed by atoms with van der Waals surface area (Å²) in [6.45, 7) is 6.84. The molecular weight excluding hydrogens is 402 g/mol. The van der Waals surface area contributed by atoms with E-state index in [0.717, 1.165) is 24.4 Å². The van der Waals surface area contributed by atoms with Crippen molar-refractivity contribution in [3.05, 3.63) is 10.6 Å². The Hall–Kier alpha value is -1.09. The molecule has 1 unspecified atom stereocenters. The van der Waals surface area contributed by atoms with Crippen molar-refractivity contribution in [1.29, 1.82) is 0 Å². The Kier molecular flexibility index (Phi) is 6.49. The molecule has 0 aromatic carbocycles. The van der Waals surface area contributed by atoms with Crippen LogP contribution in [0.1, 0.15) is 46.0 Å². The molecule has 4 rings (SSSR count). The molecule has 7 nitrogen and oxygen atoms in total. The SMILES string of the molecule is C[C@@H](O)[C@H]1C(=O)N2C(C(=O)O)=C(S[C@@H]3CN[C@H](C4CCCCN(C)CC4)C3)[C@H](C)[C@H]12. The Bertz CT molecular complexity index is 727. The molecule has 0 aromatic heterocycles. The number of hydrogen-bond acceptors (Lipinski definition) is 6. The van der Waals surface area contributed by atoms with Gasteiger partial charge < -0.3 is 25.3 Å². The zero-order chi connectivity index (χ0) is 21.6. The molecule has 0 bridgehead atoms. The van der Waals surface area contributed by atoms with Crippen molar-refractivity contribution in [2.24, 2.45) is 17.8 Å². The maximum atomic E-state index is 12.5. The Morgan fingerprint density at radius 1 is 1.27 bits per heavy atom. The van der Waals surface area contributed by atoms with E-state index in [0.29, 0.717) is 17.2 Å². The summed E-state index contributed by atoms with van der Waals surface area (Å²) in [5, 5.41) is 23.9. The minimum atomic E-state index is -1.03. The number of amides is 1. The highest BCUT2D eigenvalue weighted by atomic mass is 32.2. The number of aliphatic hydroxyl groups excluding tert-OH is 1. The van der Waals surface area contributed by atoms with Crippen LogP contribution in [0.15, 0.2) is 10.6 Å². The minimum Gasteiger partial charge on any atom is -0.477 e. The molecule has 4 aliphatic rings. The lowest BCUT2D eigenvalue weighted by atomic mass is 9.79. The predicted molar refractivity (Wildman–Crippen MR) is 117 cm³/mol. The quantitative estimate of drug-likeness (QED) is 0.564. The van der Waals surface area contributed by atoms with E-state index in [1.54, 1.807) is 18.7 Å². The van der Waals surface area contributed by atoms with Crippen LogP contribution in [0, 0.1) is 17.8 Å². The van der Waals surface area contributed by atoms with Crippen LogP contribution in [0.2, 0.25) is 0 Å². The lowest BCUT2D eigenvalue weighted by molar-refractivity contribution is -0.163. The summed E-state index contributed by atoms with van der Waals surface area (Å²) in [6, 6.07) is 0.265. The Labute approximate surface area is 183 Å². The smallest absolute Gasteiger partial charge is 0.353 e. The first-order valence-electron chi connectivity index (χ1n) is 11.4. The zero-order valence-electron chi connectivity index (χ0n) is 18.2. The number of carbonyl (C=O) groups is 2. The van der Waals surface area contributed by atoms with Crippen LogP contribution in [0.4, 0.5) is 0 Å². The van der Waals surface area contributed by atoms with Gasteiger partial charge in [-0.05, 0) is 58.7 Å². The van der Waals surface area contributed by atoms with Gasteiger partial charge in [-0.1, -0.05) is 13.3 Å². The van der Waals surface area contributed by atoms with Gasteiger partial charge in [0, 0.05) is 28.7 Å². The Morgan fingerprint density at radius 3 is 2.73 bits per heavy atom. The Balaban J connectivity index is 1.44. The monoisotopic (exact) mass is 437 g/mol. The first-order chi connectivity index (χ1) is 14.3. The summed E-state index contributed by atoms with van der Waals surface area (Å²) in [5.74, 6) is -1.15. The minimum absolute atomic E-state index is 0.0486. The second-order valence-electron chi connectivity index (χ2n) is 9.61. The molecule has 8 heteroatoms. The van der Waals surface area contributed by atoms with E-state index in [1.165, 1.54) is 37.1 Å². The number of nitrogens with zero attached hydrogens (tertiary/aromatic N) is 2. The molecule has 3 N–H and O–H groups in total. The van der Waals surface area contributed by atoms with E-state index in [-0.39, 0.29) is 23.6 Å². The molecular formula is C22H35N3O4S. The fourth-order valence-electron chi connectivity index (χ4n) is 5.87. The number of hydrogen-bond donors (Lipinski definition) is 3. The van der Waals surface area contributed by atoms with E-state index < -0.39 is 18.0 Å². The molecule has 1 amide bonds. The van der Waals surface area contributed by atoms with E-state index in [1.807, 2.05) is 6.92 Å². The maximum Gasteiger partial charge on any atom is 0.353 e. The van der Waals surface area contributed by atoms with Gasteiger partial charge in [0.25, 0.3) is 0 Å². The highest BCUT2D eigenvalue weighted by molar-refractivity contribution is 8.03. The average molecular weight is 438 g/mol.